The fraction of sp³-hybridized carbons (Fsp3) is 0.111. The maximum absolute atomic E-state index is 11.0. The van der Waals surface area contributed by atoms with Crippen LogP contribution in [0.3, 0.4) is 0 Å². The Kier molecular flexibility index (Phi) is 4.84. The molecule has 2 aromatic carbocycles. The summed E-state index contributed by atoms with van der Waals surface area (Å²) in [6, 6.07) is 15.2. The average Bonchev–Trinajstić information content (AvgIpc) is 2.57. The number of aromatic nitrogens is 3. The van der Waals surface area contributed by atoms with Gasteiger partial charge in [0.05, 0.1) is 6.20 Å². The number of hydrogen-bond acceptors (Lipinski definition) is 6. The van der Waals surface area contributed by atoms with Crippen molar-refractivity contribution in [1.82, 2.24) is 15.2 Å². The van der Waals surface area contributed by atoms with E-state index in [-0.39, 0.29) is 5.91 Å². The van der Waals surface area contributed by atoms with Crippen molar-refractivity contribution in [3.8, 4) is 0 Å². The Morgan fingerprint density at radius 1 is 0.960 bits per heavy atom. The molecule has 0 saturated heterocycles. The van der Waals surface area contributed by atoms with Gasteiger partial charge in [-0.2, -0.15) is 10.1 Å². The third kappa shape index (κ3) is 4.74. The standard InChI is InChI=1S/C18H18N6O/c1-12-4-3-5-16(10-12)21-17-11-19-24-18(23-17)22-15-8-6-14(7-9-15)20-13(2)25/h3-11H,1-2H3,(H,20,25)(H2,21,22,23,24). The van der Waals surface area contributed by atoms with E-state index in [0.29, 0.717) is 11.8 Å². The zero-order chi connectivity index (χ0) is 17.6. The first-order chi connectivity index (χ1) is 12.1. The average molecular weight is 334 g/mol. The van der Waals surface area contributed by atoms with Crippen molar-refractivity contribution in [2.45, 2.75) is 13.8 Å². The predicted octanol–water partition coefficient (Wildman–Crippen LogP) is 3.63. The predicted molar refractivity (Wildman–Crippen MR) is 98.3 cm³/mol. The summed E-state index contributed by atoms with van der Waals surface area (Å²) in [5.41, 5.74) is 3.62. The van der Waals surface area contributed by atoms with Crippen molar-refractivity contribution < 1.29 is 4.79 Å². The SMILES string of the molecule is CC(=O)Nc1ccc(Nc2nncc(Nc3cccc(C)c3)n2)cc1. The van der Waals surface area contributed by atoms with Crippen molar-refractivity contribution >= 4 is 34.7 Å². The molecule has 0 atom stereocenters. The number of carbonyl (C=O) groups excluding carboxylic acids is 1. The molecule has 7 heteroatoms. The summed E-state index contributed by atoms with van der Waals surface area (Å²) >= 11 is 0. The first-order valence-corrected chi connectivity index (χ1v) is 7.76. The summed E-state index contributed by atoms with van der Waals surface area (Å²) in [5, 5.41) is 16.9. The minimum absolute atomic E-state index is 0.108. The number of benzene rings is 2. The highest BCUT2D eigenvalue weighted by atomic mass is 16.1. The fourth-order valence-electron chi connectivity index (χ4n) is 2.26. The Morgan fingerprint density at radius 3 is 2.44 bits per heavy atom. The molecule has 1 heterocycles. The minimum atomic E-state index is -0.108. The molecular weight excluding hydrogens is 316 g/mol. The van der Waals surface area contributed by atoms with Gasteiger partial charge in [-0.15, -0.1) is 5.10 Å². The largest absolute Gasteiger partial charge is 0.339 e. The highest BCUT2D eigenvalue weighted by Crippen LogP contribution is 2.19. The molecule has 0 saturated carbocycles. The van der Waals surface area contributed by atoms with Crippen molar-refractivity contribution in [2.24, 2.45) is 0 Å². The lowest BCUT2D eigenvalue weighted by atomic mass is 10.2. The van der Waals surface area contributed by atoms with E-state index < -0.39 is 0 Å². The topological polar surface area (TPSA) is 91.8 Å². The number of anilines is 5. The molecule has 0 aliphatic heterocycles. The molecule has 7 nitrogen and oxygen atoms in total. The van der Waals surface area contributed by atoms with Gasteiger partial charge in [0.25, 0.3) is 0 Å². The van der Waals surface area contributed by atoms with Crippen molar-refractivity contribution in [3.05, 3.63) is 60.3 Å². The van der Waals surface area contributed by atoms with Crippen LogP contribution in [-0.4, -0.2) is 21.1 Å². The van der Waals surface area contributed by atoms with Gasteiger partial charge in [-0.1, -0.05) is 12.1 Å². The Balaban J connectivity index is 1.70. The second-order valence-electron chi connectivity index (χ2n) is 5.54. The molecule has 3 N–H and O–H groups in total. The highest BCUT2D eigenvalue weighted by molar-refractivity contribution is 5.88. The lowest BCUT2D eigenvalue weighted by Gasteiger charge is -2.09. The van der Waals surface area contributed by atoms with Crippen molar-refractivity contribution in [1.29, 1.82) is 0 Å². The summed E-state index contributed by atoms with van der Waals surface area (Å²) in [6.45, 7) is 3.50. The molecule has 0 unspecified atom stereocenters. The molecule has 3 rings (SSSR count). The van der Waals surface area contributed by atoms with E-state index in [0.717, 1.165) is 22.6 Å². The summed E-state index contributed by atoms with van der Waals surface area (Å²) in [5.74, 6) is 0.867. The number of aryl methyl sites for hydroxylation is 1. The zero-order valence-electron chi connectivity index (χ0n) is 13.9. The highest BCUT2D eigenvalue weighted by Gasteiger charge is 2.03. The van der Waals surface area contributed by atoms with E-state index in [9.17, 15) is 4.79 Å². The summed E-state index contributed by atoms with van der Waals surface area (Å²) in [6.07, 6.45) is 1.56. The van der Waals surface area contributed by atoms with Gasteiger partial charge in [-0.25, -0.2) is 0 Å². The molecular formula is C18H18N6O. The second kappa shape index (κ2) is 7.39. The van der Waals surface area contributed by atoms with Gasteiger partial charge in [0.1, 0.15) is 0 Å². The Labute approximate surface area is 145 Å². The lowest BCUT2D eigenvalue weighted by Crippen LogP contribution is -2.06. The van der Waals surface area contributed by atoms with Crippen molar-refractivity contribution in [2.75, 3.05) is 16.0 Å². The van der Waals surface area contributed by atoms with E-state index in [4.69, 9.17) is 0 Å². The molecule has 25 heavy (non-hydrogen) atoms. The molecule has 0 aliphatic rings. The monoisotopic (exact) mass is 334 g/mol. The van der Waals surface area contributed by atoms with E-state index in [1.165, 1.54) is 6.92 Å². The van der Waals surface area contributed by atoms with Crippen LogP contribution in [0.2, 0.25) is 0 Å². The van der Waals surface area contributed by atoms with Crippen LogP contribution in [0, 0.1) is 6.92 Å². The number of carbonyl (C=O) groups is 1. The number of nitrogens with one attached hydrogen (secondary N) is 3. The Hall–Kier alpha value is -3.48. The summed E-state index contributed by atoms with van der Waals surface area (Å²) in [7, 11) is 0. The molecule has 1 aromatic heterocycles. The molecule has 0 fully saturated rings. The first-order valence-electron chi connectivity index (χ1n) is 7.76. The van der Waals surface area contributed by atoms with E-state index in [1.807, 2.05) is 43.3 Å². The van der Waals surface area contributed by atoms with E-state index in [2.05, 4.69) is 31.1 Å². The molecule has 0 aliphatic carbocycles. The van der Waals surface area contributed by atoms with Crippen LogP contribution in [-0.2, 0) is 4.79 Å². The number of nitrogens with zero attached hydrogens (tertiary/aromatic N) is 3. The Morgan fingerprint density at radius 2 is 1.72 bits per heavy atom. The van der Waals surface area contributed by atoms with Gasteiger partial charge in [0, 0.05) is 24.0 Å². The molecule has 0 radical (unpaired) electrons. The third-order valence-corrected chi connectivity index (χ3v) is 3.31. The first kappa shape index (κ1) is 16.4. The number of amides is 1. The normalized spacial score (nSPS) is 10.2. The van der Waals surface area contributed by atoms with Crippen LogP contribution in [0.5, 0.6) is 0 Å². The molecule has 126 valence electrons. The van der Waals surface area contributed by atoms with Gasteiger partial charge in [-0.3, -0.25) is 4.79 Å². The van der Waals surface area contributed by atoms with Crippen LogP contribution in [0.4, 0.5) is 28.8 Å². The van der Waals surface area contributed by atoms with Crippen molar-refractivity contribution in [3.63, 3.8) is 0 Å². The summed E-state index contributed by atoms with van der Waals surface area (Å²) < 4.78 is 0. The van der Waals surface area contributed by atoms with E-state index >= 15 is 0 Å². The maximum atomic E-state index is 11.0. The number of hydrogen-bond donors (Lipinski definition) is 3. The number of rotatable bonds is 5. The van der Waals surface area contributed by atoms with Crippen LogP contribution >= 0.6 is 0 Å². The second-order valence-corrected chi connectivity index (χ2v) is 5.54. The Bertz CT molecular complexity index is 879. The van der Waals surface area contributed by atoms with Gasteiger partial charge in [-0.05, 0) is 48.9 Å². The minimum Gasteiger partial charge on any atom is -0.339 e. The van der Waals surface area contributed by atoms with Gasteiger partial charge in [0.15, 0.2) is 5.82 Å². The lowest BCUT2D eigenvalue weighted by molar-refractivity contribution is -0.114. The molecule has 3 aromatic rings. The van der Waals surface area contributed by atoms with Crippen LogP contribution in [0.15, 0.2) is 54.7 Å². The van der Waals surface area contributed by atoms with Crippen LogP contribution in [0.25, 0.3) is 0 Å². The fourth-order valence-corrected chi connectivity index (χ4v) is 2.26. The molecule has 1 amide bonds. The molecule has 0 bridgehead atoms. The summed E-state index contributed by atoms with van der Waals surface area (Å²) in [4.78, 5) is 15.4. The van der Waals surface area contributed by atoms with Gasteiger partial charge < -0.3 is 16.0 Å². The van der Waals surface area contributed by atoms with Gasteiger partial charge >= 0.3 is 0 Å². The van der Waals surface area contributed by atoms with E-state index in [1.54, 1.807) is 18.3 Å². The van der Waals surface area contributed by atoms with Crippen LogP contribution < -0.4 is 16.0 Å². The molecule has 0 spiro atoms. The quantitative estimate of drug-likeness (QED) is 0.660. The van der Waals surface area contributed by atoms with Crippen LogP contribution in [0.1, 0.15) is 12.5 Å². The smallest absolute Gasteiger partial charge is 0.249 e. The maximum Gasteiger partial charge on any atom is 0.249 e. The zero-order valence-corrected chi connectivity index (χ0v) is 13.9. The van der Waals surface area contributed by atoms with Gasteiger partial charge in [0.2, 0.25) is 11.9 Å². The third-order valence-electron chi connectivity index (χ3n) is 3.31.